The van der Waals surface area contributed by atoms with Gasteiger partial charge in [0.1, 0.15) is 11.8 Å². The second-order valence-corrected chi connectivity index (χ2v) is 10.4. The van der Waals surface area contributed by atoms with Crippen molar-refractivity contribution in [2.45, 2.75) is 57.2 Å². The van der Waals surface area contributed by atoms with Crippen molar-refractivity contribution in [2.24, 2.45) is 0 Å². The molecule has 1 aromatic carbocycles. The SMILES string of the molecule is COc1cccc(CN(C(=O)Cc2cccs2)[C@@H](C(=O)NC2CCCCC2)c2cccs2)c1. The van der Waals surface area contributed by atoms with Crippen LogP contribution in [0.2, 0.25) is 0 Å². The Balaban J connectivity index is 1.65. The Morgan fingerprint density at radius 1 is 1.06 bits per heavy atom. The van der Waals surface area contributed by atoms with Crippen LogP contribution in [0.1, 0.15) is 53.5 Å². The normalized spacial score (nSPS) is 15.1. The molecule has 174 valence electrons. The van der Waals surface area contributed by atoms with Gasteiger partial charge in [-0.15, -0.1) is 22.7 Å². The highest BCUT2D eigenvalue weighted by molar-refractivity contribution is 7.10. The molecule has 5 nitrogen and oxygen atoms in total. The van der Waals surface area contributed by atoms with Crippen LogP contribution in [0, 0.1) is 0 Å². The van der Waals surface area contributed by atoms with E-state index in [-0.39, 0.29) is 24.3 Å². The average molecular weight is 483 g/mol. The Kier molecular flexibility index (Phi) is 8.18. The van der Waals surface area contributed by atoms with Crippen molar-refractivity contribution in [3.05, 3.63) is 74.6 Å². The summed E-state index contributed by atoms with van der Waals surface area (Å²) in [4.78, 5) is 30.9. The second kappa shape index (κ2) is 11.5. The summed E-state index contributed by atoms with van der Waals surface area (Å²) in [5.74, 6) is 0.585. The number of ether oxygens (including phenoxy) is 1. The standard InChI is InChI=1S/C26H30N2O3S2/c1-31-21-11-5-8-19(16-21)18-28(24(29)17-22-12-6-14-32-22)25(23-13-7-15-33-23)26(30)27-20-9-3-2-4-10-20/h5-8,11-16,20,25H,2-4,9-10,17-18H2,1H3,(H,27,30)/t25-/m1/s1. The molecule has 1 aliphatic rings. The van der Waals surface area contributed by atoms with Gasteiger partial charge in [0, 0.05) is 22.3 Å². The summed E-state index contributed by atoms with van der Waals surface area (Å²) in [6.45, 7) is 0.335. The van der Waals surface area contributed by atoms with Crippen LogP contribution < -0.4 is 10.1 Å². The smallest absolute Gasteiger partial charge is 0.248 e. The fourth-order valence-electron chi connectivity index (χ4n) is 4.35. The van der Waals surface area contributed by atoms with Gasteiger partial charge in [-0.1, -0.05) is 43.5 Å². The van der Waals surface area contributed by atoms with Gasteiger partial charge in [0.15, 0.2) is 0 Å². The third-order valence-corrected chi connectivity index (χ3v) is 7.84. The molecule has 0 spiro atoms. The topological polar surface area (TPSA) is 58.6 Å². The minimum atomic E-state index is -0.661. The molecule has 0 radical (unpaired) electrons. The van der Waals surface area contributed by atoms with E-state index >= 15 is 0 Å². The van der Waals surface area contributed by atoms with E-state index in [0.29, 0.717) is 6.54 Å². The summed E-state index contributed by atoms with van der Waals surface area (Å²) in [6, 6.07) is 15.0. The summed E-state index contributed by atoms with van der Waals surface area (Å²) < 4.78 is 5.38. The Morgan fingerprint density at radius 2 is 1.85 bits per heavy atom. The molecular formula is C26H30N2O3S2. The molecule has 1 atom stereocenters. The number of thiophene rings is 2. The molecule has 3 aromatic rings. The lowest BCUT2D eigenvalue weighted by molar-refractivity contribution is -0.141. The molecule has 4 rings (SSSR count). The van der Waals surface area contributed by atoms with Crippen molar-refractivity contribution >= 4 is 34.5 Å². The van der Waals surface area contributed by atoms with E-state index in [1.54, 1.807) is 23.3 Å². The largest absolute Gasteiger partial charge is 0.497 e. The number of hydrogen-bond acceptors (Lipinski definition) is 5. The molecule has 1 N–H and O–H groups in total. The van der Waals surface area contributed by atoms with Crippen molar-refractivity contribution in [3.8, 4) is 5.75 Å². The zero-order valence-electron chi connectivity index (χ0n) is 18.9. The Bertz CT molecular complexity index is 1030. The molecular weight excluding hydrogens is 452 g/mol. The van der Waals surface area contributed by atoms with E-state index in [1.807, 2.05) is 59.3 Å². The first-order valence-corrected chi connectivity index (χ1v) is 13.2. The minimum Gasteiger partial charge on any atom is -0.497 e. The van der Waals surface area contributed by atoms with Gasteiger partial charge in [-0.05, 0) is 53.4 Å². The molecule has 0 aliphatic heterocycles. The Hall–Kier alpha value is -2.64. The first-order valence-electron chi connectivity index (χ1n) is 11.4. The van der Waals surface area contributed by atoms with Gasteiger partial charge in [0.05, 0.1) is 13.5 Å². The fraction of sp³-hybridized carbons (Fsp3) is 0.385. The molecule has 1 saturated carbocycles. The van der Waals surface area contributed by atoms with Crippen LogP contribution in [0.25, 0.3) is 0 Å². The molecule has 0 bridgehead atoms. The number of hydrogen-bond donors (Lipinski definition) is 1. The molecule has 0 saturated heterocycles. The third kappa shape index (κ3) is 6.24. The van der Waals surface area contributed by atoms with Gasteiger partial charge >= 0.3 is 0 Å². The molecule has 1 fully saturated rings. The van der Waals surface area contributed by atoms with Crippen LogP contribution in [-0.2, 0) is 22.6 Å². The van der Waals surface area contributed by atoms with Crippen molar-refractivity contribution in [2.75, 3.05) is 7.11 Å². The maximum Gasteiger partial charge on any atom is 0.248 e. The third-order valence-electron chi connectivity index (χ3n) is 6.04. The predicted molar refractivity (Wildman–Crippen MR) is 134 cm³/mol. The van der Waals surface area contributed by atoms with Gasteiger partial charge in [0.2, 0.25) is 11.8 Å². The van der Waals surface area contributed by atoms with Gasteiger partial charge in [-0.3, -0.25) is 9.59 Å². The predicted octanol–water partition coefficient (Wildman–Crippen LogP) is 5.58. The lowest BCUT2D eigenvalue weighted by atomic mass is 9.95. The number of methoxy groups -OCH3 is 1. The van der Waals surface area contributed by atoms with E-state index < -0.39 is 6.04 Å². The van der Waals surface area contributed by atoms with Crippen LogP contribution in [0.3, 0.4) is 0 Å². The summed E-state index contributed by atoms with van der Waals surface area (Å²) in [7, 11) is 1.63. The molecule has 7 heteroatoms. The summed E-state index contributed by atoms with van der Waals surface area (Å²) in [5.41, 5.74) is 0.931. The molecule has 2 amide bonds. The Morgan fingerprint density at radius 3 is 2.55 bits per heavy atom. The van der Waals surface area contributed by atoms with E-state index in [0.717, 1.165) is 46.8 Å². The van der Waals surface area contributed by atoms with Crippen LogP contribution in [-0.4, -0.2) is 29.9 Å². The second-order valence-electron chi connectivity index (χ2n) is 8.39. The van der Waals surface area contributed by atoms with Crippen LogP contribution in [0.4, 0.5) is 0 Å². The molecule has 33 heavy (non-hydrogen) atoms. The fourth-order valence-corrected chi connectivity index (χ4v) is 5.88. The molecule has 2 aromatic heterocycles. The van der Waals surface area contributed by atoms with Gasteiger partial charge in [0.25, 0.3) is 0 Å². The number of carbonyl (C=O) groups is 2. The number of nitrogens with one attached hydrogen (secondary N) is 1. The summed E-state index contributed by atoms with van der Waals surface area (Å²) >= 11 is 3.08. The first kappa shape index (κ1) is 23.5. The minimum absolute atomic E-state index is 0.0579. The average Bonchev–Trinajstić information content (AvgIpc) is 3.54. The van der Waals surface area contributed by atoms with Crippen molar-refractivity contribution < 1.29 is 14.3 Å². The lowest BCUT2D eigenvalue weighted by Gasteiger charge is -2.33. The molecule has 0 unspecified atom stereocenters. The monoisotopic (exact) mass is 482 g/mol. The van der Waals surface area contributed by atoms with Crippen molar-refractivity contribution in [1.82, 2.24) is 10.2 Å². The van der Waals surface area contributed by atoms with Gasteiger partial charge < -0.3 is 15.0 Å². The van der Waals surface area contributed by atoms with E-state index in [2.05, 4.69) is 5.32 Å². The van der Waals surface area contributed by atoms with Gasteiger partial charge in [-0.25, -0.2) is 0 Å². The molecule has 1 aliphatic carbocycles. The highest BCUT2D eigenvalue weighted by atomic mass is 32.1. The number of benzene rings is 1. The number of amides is 2. The van der Waals surface area contributed by atoms with Crippen LogP contribution >= 0.6 is 22.7 Å². The summed E-state index contributed by atoms with van der Waals surface area (Å²) in [6.07, 6.45) is 5.78. The number of carbonyl (C=O) groups excluding carboxylic acids is 2. The van der Waals surface area contributed by atoms with Gasteiger partial charge in [-0.2, -0.15) is 0 Å². The maximum atomic E-state index is 13.7. The van der Waals surface area contributed by atoms with Crippen molar-refractivity contribution in [1.29, 1.82) is 0 Å². The highest BCUT2D eigenvalue weighted by Gasteiger charge is 2.33. The zero-order chi connectivity index (χ0) is 23.0. The summed E-state index contributed by atoms with van der Waals surface area (Å²) in [5, 5.41) is 7.20. The van der Waals surface area contributed by atoms with Crippen LogP contribution in [0.5, 0.6) is 5.75 Å². The number of rotatable bonds is 9. The quantitative estimate of drug-likeness (QED) is 0.433. The highest BCUT2D eigenvalue weighted by Crippen LogP contribution is 2.30. The zero-order valence-corrected chi connectivity index (χ0v) is 20.5. The van der Waals surface area contributed by atoms with E-state index in [4.69, 9.17) is 4.74 Å². The maximum absolute atomic E-state index is 13.7. The number of nitrogens with zero attached hydrogens (tertiary/aromatic N) is 1. The van der Waals surface area contributed by atoms with Crippen LogP contribution in [0.15, 0.2) is 59.3 Å². The first-order chi connectivity index (χ1) is 16.1. The Labute approximate surface area is 203 Å². The lowest BCUT2D eigenvalue weighted by Crippen LogP contribution is -2.47. The van der Waals surface area contributed by atoms with Crippen molar-refractivity contribution in [3.63, 3.8) is 0 Å². The van der Waals surface area contributed by atoms with E-state index in [9.17, 15) is 9.59 Å². The van der Waals surface area contributed by atoms with E-state index in [1.165, 1.54) is 17.8 Å². The molecule has 2 heterocycles.